The zero-order valence-corrected chi connectivity index (χ0v) is 15.2. The molecule has 2 aliphatic carbocycles. The van der Waals surface area contributed by atoms with Gasteiger partial charge in [0.25, 0.3) is 5.91 Å². The number of benzene rings is 1. The minimum Gasteiger partial charge on any atom is -0.478 e. The Morgan fingerprint density at radius 2 is 2.00 bits per heavy atom. The largest absolute Gasteiger partial charge is 0.478 e. The Morgan fingerprint density at radius 3 is 2.68 bits per heavy atom. The molecule has 1 heterocycles. The van der Waals surface area contributed by atoms with Crippen molar-refractivity contribution in [3.05, 3.63) is 24.3 Å². The number of rotatable bonds is 3. The van der Waals surface area contributed by atoms with Crippen LogP contribution in [-0.2, 0) is 14.8 Å². The average molecular weight is 364 g/mol. The number of nitrogens with one attached hydrogen (secondary N) is 1. The lowest BCUT2D eigenvalue weighted by atomic mass is 9.95. The van der Waals surface area contributed by atoms with Crippen molar-refractivity contribution in [2.75, 3.05) is 17.1 Å². The summed E-state index contributed by atoms with van der Waals surface area (Å²) in [5.41, 5.74) is 0.500. The van der Waals surface area contributed by atoms with Crippen LogP contribution < -0.4 is 14.4 Å². The molecule has 4 rings (SSSR count). The van der Waals surface area contributed by atoms with Crippen LogP contribution in [0.3, 0.4) is 0 Å². The molecule has 2 fully saturated rings. The van der Waals surface area contributed by atoms with Crippen LogP contribution in [-0.4, -0.2) is 39.3 Å². The van der Waals surface area contributed by atoms with Crippen molar-refractivity contribution < 1.29 is 17.9 Å². The van der Waals surface area contributed by atoms with Gasteiger partial charge in [-0.05, 0) is 43.2 Å². The number of nitrogens with zero attached hydrogens (tertiary/aromatic N) is 1. The molecule has 25 heavy (non-hydrogen) atoms. The Kier molecular flexibility index (Phi) is 4.14. The molecular formula is C18H24N2O4S. The standard InChI is InChI=1S/C18H24N2O4S/c1-25(22,23)20-9-8-17(24-16-5-3-2-4-15(16)20)18(21)19-14-11-12-6-7-13(14)10-12/h2-5,12-14,17H,6-11H2,1H3,(H,19,21)/t12-,13-,14-,17-/m0/s1. The summed E-state index contributed by atoms with van der Waals surface area (Å²) in [7, 11) is -3.42. The maximum Gasteiger partial charge on any atom is 0.261 e. The van der Waals surface area contributed by atoms with Gasteiger partial charge in [-0.2, -0.15) is 0 Å². The fourth-order valence-electron chi connectivity index (χ4n) is 4.56. The predicted octanol–water partition coefficient (Wildman–Crippen LogP) is 1.91. The fraction of sp³-hybridized carbons (Fsp3) is 0.611. The zero-order chi connectivity index (χ0) is 17.6. The van der Waals surface area contributed by atoms with E-state index >= 15 is 0 Å². The van der Waals surface area contributed by atoms with Gasteiger partial charge >= 0.3 is 0 Å². The Bertz CT molecular complexity index is 779. The molecule has 0 aromatic heterocycles. The van der Waals surface area contributed by atoms with E-state index in [-0.39, 0.29) is 18.5 Å². The number of carbonyl (C=O) groups is 1. The van der Waals surface area contributed by atoms with Crippen LogP contribution >= 0.6 is 0 Å². The first kappa shape index (κ1) is 16.7. The SMILES string of the molecule is CS(=O)(=O)N1CC[C@@H](C(=O)N[C@H]2C[C@H]3CC[C@H]2C3)Oc2ccccc21. The van der Waals surface area contributed by atoms with Crippen LogP contribution in [0, 0.1) is 11.8 Å². The number of para-hydroxylation sites is 2. The summed E-state index contributed by atoms with van der Waals surface area (Å²) in [5, 5.41) is 3.16. The van der Waals surface area contributed by atoms with Gasteiger partial charge in [0.05, 0.1) is 11.9 Å². The van der Waals surface area contributed by atoms with E-state index in [1.54, 1.807) is 24.3 Å². The first-order valence-corrected chi connectivity index (χ1v) is 10.8. The third-order valence-electron chi connectivity index (χ3n) is 5.76. The molecule has 0 spiro atoms. The quantitative estimate of drug-likeness (QED) is 0.889. The molecule has 3 aliphatic rings. The summed E-state index contributed by atoms with van der Waals surface area (Å²) >= 11 is 0. The van der Waals surface area contributed by atoms with Crippen molar-refractivity contribution in [3.8, 4) is 5.75 Å². The summed E-state index contributed by atoms with van der Waals surface area (Å²) in [6.45, 7) is 0.241. The second kappa shape index (κ2) is 6.20. The minimum atomic E-state index is -3.42. The first-order chi connectivity index (χ1) is 11.9. The first-order valence-electron chi connectivity index (χ1n) is 8.95. The maximum atomic E-state index is 12.7. The fourth-order valence-corrected chi connectivity index (χ4v) is 5.50. The molecule has 4 atom stereocenters. The molecule has 1 amide bonds. The number of fused-ring (bicyclic) bond motifs is 3. The molecule has 136 valence electrons. The Hall–Kier alpha value is -1.76. The van der Waals surface area contributed by atoms with Gasteiger partial charge < -0.3 is 10.1 Å². The average Bonchev–Trinajstić information content (AvgIpc) is 3.10. The van der Waals surface area contributed by atoms with Gasteiger partial charge in [0, 0.05) is 19.0 Å². The molecule has 1 aromatic rings. The lowest BCUT2D eigenvalue weighted by Gasteiger charge is -2.25. The van der Waals surface area contributed by atoms with E-state index in [1.807, 2.05) is 0 Å². The maximum absolute atomic E-state index is 12.7. The van der Waals surface area contributed by atoms with Crippen molar-refractivity contribution in [2.24, 2.45) is 11.8 Å². The third kappa shape index (κ3) is 3.21. The van der Waals surface area contributed by atoms with E-state index in [2.05, 4.69) is 5.32 Å². The number of hydrogen-bond donors (Lipinski definition) is 1. The molecular weight excluding hydrogens is 340 g/mol. The van der Waals surface area contributed by atoms with Gasteiger partial charge in [-0.25, -0.2) is 8.42 Å². The highest BCUT2D eigenvalue weighted by Gasteiger charge is 2.41. The smallest absolute Gasteiger partial charge is 0.261 e. The van der Waals surface area contributed by atoms with Crippen LogP contribution in [0.15, 0.2) is 24.3 Å². The van der Waals surface area contributed by atoms with Gasteiger partial charge in [0.1, 0.15) is 5.75 Å². The number of amides is 1. The lowest BCUT2D eigenvalue weighted by molar-refractivity contribution is -0.129. The lowest BCUT2D eigenvalue weighted by Crippen LogP contribution is -2.46. The molecule has 0 radical (unpaired) electrons. The summed E-state index contributed by atoms with van der Waals surface area (Å²) in [4.78, 5) is 12.7. The van der Waals surface area contributed by atoms with Crippen molar-refractivity contribution in [3.63, 3.8) is 0 Å². The van der Waals surface area contributed by atoms with E-state index in [4.69, 9.17) is 4.74 Å². The van der Waals surface area contributed by atoms with E-state index in [0.29, 0.717) is 23.8 Å². The molecule has 2 bridgehead atoms. The van der Waals surface area contributed by atoms with Crippen molar-refractivity contribution in [2.45, 2.75) is 44.2 Å². The van der Waals surface area contributed by atoms with Crippen LogP contribution in [0.4, 0.5) is 5.69 Å². The second-order valence-corrected chi connectivity index (χ2v) is 9.39. The van der Waals surface area contributed by atoms with Gasteiger partial charge in [-0.15, -0.1) is 0 Å². The van der Waals surface area contributed by atoms with Crippen molar-refractivity contribution in [1.29, 1.82) is 0 Å². The molecule has 1 aliphatic heterocycles. The minimum absolute atomic E-state index is 0.122. The van der Waals surface area contributed by atoms with Crippen LogP contribution in [0.2, 0.25) is 0 Å². The monoisotopic (exact) mass is 364 g/mol. The Morgan fingerprint density at radius 1 is 1.20 bits per heavy atom. The van der Waals surface area contributed by atoms with Gasteiger partial charge in [-0.3, -0.25) is 9.10 Å². The summed E-state index contributed by atoms with van der Waals surface area (Å²) < 4.78 is 31.5. The summed E-state index contributed by atoms with van der Waals surface area (Å²) in [5.74, 6) is 1.67. The number of anilines is 1. The third-order valence-corrected chi connectivity index (χ3v) is 6.94. The highest BCUT2D eigenvalue weighted by atomic mass is 32.2. The predicted molar refractivity (Wildman–Crippen MR) is 95.0 cm³/mol. The zero-order valence-electron chi connectivity index (χ0n) is 14.3. The van der Waals surface area contributed by atoms with Gasteiger partial charge in [0.15, 0.2) is 6.10 Å². The molecule has 2 saturated carbocycles. The van der Waals surface area contributed by atoms with E-state index in [9.17, 15) is 13.2 Å². The molecule has 0 saturated heterocycles. The molecule has 0 unspecified atom stereocenters. The van der Waals surface area contributed by atoms with Crippen LogP contribution in [0.25, 0.3) is 0 Å². The molecule has 1 N–H and O–H groups in total. The van der Waals surface area contributed by atoms with Gasteiger partial charge in [0.2, 0.25) is 10.0 Å². The number of ether oxygens (including phenoxy) is 1. The Labute approximate surface area is 148 Å². The topological polar surface area (TPSA) is 75.7 Å². The van der Waals surface area contributed by atoms with Gasteiger partial charge in [-0.1, -0.05) is 18.6 Å². The van der Waals surface area contributed by atoms with Crippen LogP contribution in [0.5, 0.6) is 5.75 Å². The van der Waals surface area contributed by atoms with E-state index in [0.717, 1.165) is 12.3 Å². The van der Waals surface area contributed by atoms with Crippen LogP contribution in [0.1, 0.15) is 32.1 Å². The van der Waals surface area contributed by atoms with Crippen molar-refractivity contribution >= 4 is 21.6 Å². The van der Waals surface area contributed by atoms with E-state index in [1.165, 1.54) is 29.8 Å². The number of carbonyl (C=O) groups excluding carboxylic acids is 1. The normalized spacial score (nSPS) is 31.2. The second-order valence-electron chi connectivity index (χ2n) is 7.49. The number of hydrogen-bond acceptors (Lipinski definition) is 4. The highest BCUT2D eigenvalue weighted by molar-refractivity contribution is 7.92. The van der Waals surface area contributed by atoms with Crippen molar-refractivity contribution in [1.82, 2.24) is 5.32 Å². The molecule has 1 aromatic carbocycles. The molecule has 7 heteroatoms. The van der Waals surface area contributed by atoms with E-state index < -0.39 is 16.1 Å². The molecule has 6 nitrogen and oxygen atoms in total. The highest BCUT2D eigenvalue weighted by Crippen LogP contribution is 2.44. The Balaban J connectivity index is 1.52. The number of sulfonamides is 1. The summed E-state index contributed by atoms with van der Waals surface area (Å²) in [6, 6.07) is 7.24. The summed E-state index contributed by atoms with van der Waals surface area (Å²) in [6.07, 6.45) is 5.64.